The number of likely N-dealkylation sites (N-methyl/N-ethyl adjacent to an activating group) is 1. The number of carbonyl (C=O) groups excluding carboxylic acids is 1. The Labute approximate surface area is 116 Å². The first-order valence-corrected chi connectivity index (χ1v) is 6.62. The molecule has 1 amide bonds. The van der Waals surface area contributed by atoms with Gasteiger partial charge >= 0.3 is 0 Å². The first-order chi connectivity index (χ1) is 9.65. The van der Waals surface area contributed by atoms with Crippen molar-refractivity contribution in [1.29, 1.82) is 0 Å². The highest BCUT2D eigenvalue weighted by Gasteiger charge is 2.22. The first-order valence-electron chi connectivity index (χ1n) is 6.62. The molecule has 0 saturated carbocycles. The molecule has 0 aliphatic carbocycles. The minimum atomic E-state index is -0.270. The maximum absolute atomic E-state index is 12.4. The van der Waals surface area contributed by atoms with Crippen LogP contribution in [0.4, 0.5) is 0 Å². The third-order valence-electron chi connectivity index (χ3n) is 3.61. The van der Waals surface area contributed by atoms with E-state index in [1.807, 2.05) is 7.05 Å². The highest BCUT2D eigenvalue weighted by Crippen LogP contribution is 2.08. The van der Waals surface area contributed by atoms with Crippen LogP contribution in [0.5, 0.6) is 0 Å². The number of para-hydroxylation sites is 1. The lowest BCUT2D eigenvalue weighted by atomic mass is 10.2. The summed E-state index contributed by atoms with van der Waals surface area (Å²) in [5.74, 6) is -0.0841. The number of aromatic amines is 1. The molecule has 20 heavy (non-hydrogen) atoms. The van der Waals surface area contributed by atoms with Crippen molar-refractivity contribution >= 4 is 16.8 Å². The fourth-order valence-electron chi connectivity index (χ4n) is 2.35. The minimum absolute atomic E-state index is 0.123. The molecule has 1 aliphatic rings. The molecule has 0 bridgehead atoms. The Balaban J connectivity index is 1.94. The van der Waals surface area contributed by atoms with Crippen molar-refractivity contribution in [2.45, 2.75) is 0 Å². The molecular weight excluding hydrogens is 256 g/mol. The Bertz CT molecular complexity index is 702. The van der Waals surface area contributed by atoms with Crippen LogP contribution in [0.15, 0.2) is 29.1 Å². The number of fused-ring (bicyclic) bond motifs is 1. The summed E-state index contributed by atoms with van der Waals surface area (Å²) < 4.78 is 0. The lowest BCUT2D eigenvalue weighted by molar-refractivity contribution is 0.0652. The van der Waals surface area contributed by atoms with E-state index in [1.165, 1.54) is 0 Å². The second-order valence-electron chi connectivity index (χ2n) is 5.03. The summed E-state index contributed by atoms with van der Waals surface area (Å²) in [6, 6.07) is 7.02. The van der Waals surface area contributed by atoms with Crippen LogP contribution < -0.4 is 5.56 Å². The van der Waals surface area contributed by atoms with E-state index in [4.69, 9.17) is 0 Å². The van der Waals surface area contributed by atoms with Crippen LogP contribution in [0.3, 0.4) is 0 Å². The molecule has 6 heteroatoms. The average Bonchev–Trinajstić information content (AvgIpc) is 2.47. The molecule has 1 aromatic carbocycles. The molecule has 2 aromatic rings. The Hall–Kier alpha value is -2.21. The third kappa shape index (κ3) is 2.30. The van der Waals surface area contributed by atoms with Gasteiger partial charge in [-0.2, -0.15) is 0 Å². The van der Waals surface area contributed by atoms with Crippen molar-refractivity contribution in [3.63, 3.8) is 0 Å². The summed E-state index contributed by atoms with van der Waals surface area (Å²) >= 11 is 0. The molecule has 6 nitrogen and oxygen atoms in total. The maximum atomic E-state index is 12.4. The number of nitrogens with one attached hydrogen (secondary N) is 1. The molecule has 1 N–H and O–H groups in total. The molecule has 1 aromatic heterocycles. The van der Waals surface area contributed by atoms with Gasteiger partial charge in [0.05, 0.1) is 10.9 Å². The van der Waals surface area contributed by atoms with Crippen LogP contribution in [-0.4, -0.2) is 58.9 Å². The normalized spacial score (nSPS) is 16.6. The summed E-state index contributed by atoms with van der Waals surface area (Å²) in [6.45, 7) is 2.99. The fourth-order valence-corrected chi connectivity index (χ4v) is 2.35. The summed E-state index contributed by atoms with van der Waals surface area (Å²) in [6.07, 6.45) is 0. The second kappa shape index (κ2) is 5.05. The zero-order valence-corrected chi connectivity index (χ0v) is 11.3. The van der Waals surface area contributed by atoms with E-state index in [0.29, 0.717) is 24.0 Å². The molecule has 0 radical (unpaired) electrons. The summed E-state index contributed by atoms with van der Waals surface area (Å²) in [7, 11) is 2.03. The van der Waals surface area contributed by atoms with E-state index in [9.17, 15) is 9.59 Å². The van der Waals surface area contributed by atoms with Gasteiger partial charge in [0, 0.05) is 26.2 Å². The van der Waals surface area contributed by atoms with Crippen molar-refractivity contribution in [2.75, 3.05) is 33.2 Å². The zero-order chi connectivity index (χ0) is 14.1. The Morgan fingerprint density at radius 3 is 2.65 bits per heavy atom. The molecular formula is C14H16N4O2. The topological polar surface area (TPSA) is 69.3 Å². The number of aromatic nitrogens is 2. The van der Waals surface area contributed by atoms with Gasteiger partial charge in [-0.1, -0.05) is 12.1 Å². The van der Waals surface area contributed by atoms with Gasteiger partial charge < -0.3 is 14.8 Å². The number of hydrogen-bond acceptors (Lipinski definition) is 4. The number of rotatable bonds is 1. The number of H-pyrrole nitrogens is 1. The fraction of sp³-hybridized carbons (Fsp3) is 0.357. The van der Waals surface area contributed by atoms with Crippen LogP contribution in [0, 0.1) is 0 Å². The molecule has 0 unspecified atom stereocenters. The van der Waals surface area contributed by atoms with Crippen LogP contribution >= 0.6 is 0 Å². The predicted molar refractivity (Wildman–Crippen MR) is 75.8 cm³/mol. The van der Waals surface area contributed by atoms with Crippen LogP contribution in [-0.2, 0) is 0 Å². The number of hydrogen-bond donors (Lipinski definition) is 1. The quantitative estimate of drug-likeness (QED) is 0.811. The van der Waals surface area contributed by atoms with E-state index in [-0.39, 0.29) is 17.3 Å². The van der Waals surface area contributed by atoms with E-state index in [0.717, 1.165) is 13.1 Å². The standard InChI is InChI=1S/C14H16N4O2/c1-17-6-8-18(9-7-17)14(20)12-15-11-5-3-2-4-10(11)13(19)16-12/h2-5H,6-9H2,1H3,(H,15,16,19). The summed E-state index contributed by atoms with van der Waals surface area (Å²) in [5.41, 5.74) is 0.279. The van der Waals surface area contributed by atoms with Gasteiger partial charge in [-0.25, -0.2) is 4.98 Å². The second-order valence-corrected chi connectivity index (χ2v) is 5.03. The number of piperazine rings is 1. The SMILES string of the molecule is CN1CCN(C(=O)c2nc3ccccc3c(=O)[nH]2)CC1. The highest BCUT2D eigenvalue weighted by atomic mass is 16.2. The van der Waals surface area contributed by atoms with Gasteiger partial charge in [-0.15, -0.1) is 0 Å². The van der Waals surface area contributed by atoms with Crippen LogP contribution in [0.25, 0.3) is 10.9 Å². The summed E-state index contributed by atoms with van der Waals surface area (Å²) in [5, 5.41) is 0.502. The van der Waals surface area contributed by atoms with Crippen molar-refractivity contribution < 1.29 is 4.79 Å². The van der Waals surface area contributed by atoms with Crippen molar-refractivity contribution in [3.8, 4) is 0 Å². The smallest absolute Gasteiger partial charge is 0.289 e. The predicted octanol–water partition coefficient (Wildman–Crippen LogP) is 0.311. The van der Waals surface area contributed by atoms with Gasteiger partial charge in [-0.3, -0.25) is 9.59 Å². The molecule has 104 valence electrons. The van der Waals surface area contributed by atoms with Crippen LogP contribution in [0.2, 0.25) is 0 Å². The highest BCUT2D eigenvalue weighted by molar-refractivity contribution is 5.92. The van der Waals surface area contributed by atoms with Gasteiger partial charge in [0.1, 0.15) is 0 Å². The van der Waals surface area contributed by atoms with Gasteiger partial charge in [-0.05, 0) is 19.2 Å². The Morgan fingerprint density at radius 2 is 1.90 bits per heavy atom. The third-order valence-corrected chi connectivity index (χ3v) is 3.61. The zero-order valence-electron chi connectivity index (χ0n) is 11.3. The van der Waals surface area contributed by atoms with Crippen molar-refractivity contribution in [3.05, 3.63) is 40.4 Å². The van der Waals surface area contributed by atoms with Crippen molar-refractivity contribution in [1.82, 2.24) is 19.8 Å². The first kappa shape index (κ1) is 12.8. The number of benzene rings is 1. The Kier molecular flexibility index (Phi) is 3.23. The lowest BCUT2D eigenvalue weighted by Crippen LogP contribution is -2.47. The molecule has 0 atom stereocenters. The average molecular weight is 272 g/mol. The van der Waals surface area contributed by atoms with E-state index >= 15 is 0 Å². The van der Waals surface area contributed by atoms with Gasteiger partial charge in [0.2, 0.25) is 0 Å². The largest absolute Gasteiger partial charge is 0.333 e. The van der Waals surface area contributed by atoms with Crippen molar-refractivity contribution in [2.24, 2.45) is 0 Å². The molecule has 2 heterocycles. The number of amides is 1. The van der Waals surface area contributed by atoms with Crippen LogP contribution in [0.1, 0.15) is 10.6 Å². The minimum Gasteiger partial charge on any atom is -0.333 e. The summed E-state index contributed by atoms with van der Waals surface area (Å²) in [4.78, 5) is 35.1. The van der Waals surface area contributed by atoms with E-state index in [1.54, 1.807) is 29.2 Å². The van der Waals surface area contributed by atoms with Gasteiger partial charge in [0.15, 0.2) is 5.82 Å². The van der Waals surface area contributed by atoms with Gasteiger partial charge in [0.25, 0.3) is 11.5 Å². The molecule has 1 saturated heterocycles. The monoisotopic (exact) mass is 272 g/mol. The number of nitrogens with zero attached hydrogens (tertiary/aromatic N) is 3. The Morgan fingerprint density at radius 1 is 1.20 bits per heavy atom. The molecule has 1 aliphatic heterocycles. The maximum Gasteiger partial charge on any atom is 0.289 e. The van der Waals surface area contributed by atoms with E-state index < -0.39 is 0 Å². The molecule has 0 spiro atoms. The molecule has 3 rings (SSSR count). The number of carbonyl (C=O) groups is 1. The lowest BCUT2D eigenvalue weighted by Gasteiger charge is -2.31. The molecule has 1 fully saturated rings. The van der Waals surface area contributed by atoms with E-state index in [2.05, 4.69) is 14.9 Å².